The minimum atomic E-state index is -5.31. The largest absolute Gasteiger partial charge is 0.575 e. The van der Waals surface area contributed by atoms with E-state index in [0.29, 0.717) is 0 Å². The molecule has 0 aromatic heterocycles. The summed E-state index contributed by atoms with van der Waals surface area (Å²) in [6, 6.07) is 0. The van der Waals surface area contributed by atoms with E-state index in [1.54, 1.807) is 0 Å². The van der Waals surface area contributed by atoms with Crippen LogP contribution < -0.4 is 0 Å². The highest BCUT2D eigenvalue weighted by molar-refractivity contribution is 5.93. The molecule has 0 aromatic carbocycles. The predicted molar refractivity (Wildman–Crippen MR) is 38.1 cm³/mol. The average Bonchev–Trinajstić information content (AvgIpc) is 1.95. The van der Waals surface area contributed by atoms with E-state index in [2.05, 4.69) is 16.1 Å². The molecule has 0 atom stereocenters. The SMILES string of the molecule is C=C(CC(=O)OC(F)(F)F)C(=O)OC(F)(F)F. The van der Waals surface area contributed by atoms with Gasteiger partial charge in [-0.3, -0.25) is 4.79 Å². The second kappa shape index (κ2) is 5.06. The summed E-state index contributed by atoms with van der Waals surface area (Å²) in [5.41, 5.74) is -1.11. The lowest BCUT2D eigenvalue weighted by Crippen LogP contribution is -2.24. The van der Waals surface area contributed by atoms with Crippen LogP contribution in [0.15, 0.2) is 12.2 Å². The minimum Gasteiger partial charge on any atom is -0.373 e. The Morgan fingerprint density at radius 2 is 1.35 bits per heavy atom. The van der Waals surface area contributed by atoms with Crippen molar-refractivity contribution in [3.05, 3.63) is 12.2 Å². The second-order valence-corrected chi connectivity index (χ2v) is 2.54. The van der Waals surface area contributed by atoms with Crippen molar-refractivity contribution in [1.29, 1.82) is 0 Å². The van der Waals surface area contributed by atoms with Crippen LogP contribution >= 0.6 is 0 Å². The molecule has 0 radical (unpaired) electrons. The van der Waals surface area contributed by atoms with E-state index in [1.165, 1.54) is 0 Å². The zero-order chi connectivity index (χ0) is 13.9. The lowest BCUT2D eigenvalue weighted by molar-refractivity contribution is -0.308. The summed E-state index contributed by atoms with van der Waals surface area (Å²) in [5.74, 6) is -4.03. The molecule has 0 spiro atoms. The zero-order valence-corrected chi connectivity index (χ0v) is 7.81. The van der Waals surface area contributed by atoms with Crippen LogP contribution in [0.1, 0.15) is 6.42 Å². The fraction of sp³-hybridized carbons (Fsp3) is 0.429. The van der Waals surface area contributed by atoms with Crippen molar-refractivity contribution in [2.45, 2.75) is 19.1 Å². The standard InChI is InChI=1S/C7H4F6O4/c1-3(5(15)17-7(11,12)13)2-4(14)16-6(8,9)10/h1-2H2. The second-order valence-electron chi connectivity index (χ2n) is 2.54. The molecule has 0 aliphatic heterocycles. The molecule has 17 heavy (non-hydrogen) atoms. The average molecular weight is 266 g/mol. The first kappa shape index (κ1) is 15.3. The van der Waals surface area contributed by atoms with E-state index < -0.39 is 36.7 Å². The Morgan fingerprint density at radius 3 is 1.71 bits per heavy atom. The maximum atomic E-state index is 11.5. The molecule has 0 amide bonds. The zero-order valence-electron chi connectivity index (χ0n) is 7.81. The molecule has 0 bridgehead atoms. The van der Waals surface area contributed by atoms with Gasteiger partial charge in [-0.15, -0.1) is 26.3 Å². The fourth-order valence-corrected chi connectivity index (χ4v) is 0.589. The Kier molecular flexibility index (Phi) is 4.54. The number of esters is 2. The first-order valence-corrected chi connectivity index (χ1v) is 3.67. The smallest absolute Gasteiger partial charge is 0.373 e. The van der Waals surface area contributed by atoms with E-state index in [4.69, 9.17) is 0 Å². The van der Waals surface area contributed by atoms with Crippen molar-refractivity contribution >= 4 is 11.9 Å². The molecule has 4 nitrogen and oxygen atoms in total. The number of alkyl halides is 6. The lowest BCUT2D eigenvalue weighted by Gasteiger charge is -2.09. The molecule has 0 rings (SSSR count). The molecule has 0 N–H and O–H groups in total. The first-order chi connectivity index (χ1) is 7.41. The summed E-state index contributed by atoms with van der Waals surface area (Å²) in [6.45, 7) is 2.67. The molecule has 0 aromatic rings. The van der Waals surface area contributed by atoms with Crippen molar-refractivity contribution in [3.8, 4) is 0 Å². The van der Waals surface area contributed by atoms with Gasteiger partial charge < -0.3 is 9.47 Å². The Labute approximate surface area is 89.8 Å². The van der Waals surface area contributed by atoms with Crippen LogP contribution in [-0.2, 0) is 19.1 Å². The fourth-order valence-electron chi connectivity index (χ4n) is 0.589. The number of rotatable bonds is 3. The molecule has 0 fully saturated rings. The van der Waals surface area contributed by atoms with Crippen molar-refractivity contribution in [2.75, 3.05) is 0 Å². The Morgan fingerprint density at radius 1 is 0.941 bits per heavy atom. The first-order valence-electron chi connectivity index (χ1n) is 3.67. The van der Waals surface area contributed by atoms with Gasteiger partial charge in [0, 0.05) is 5.57 Å². The van der Waals surface area contributed by atoms with Crippen LogP contribution in [0.25, 0.3) is 0 Å². The summed E-state index contributed by atoms with van der Waals surface area (Å²) in [7, 11) is 0. The van der Waals surface area contributed by atoms with Gasteiger partial charge in [0.2, 0.25) is 0 Å². The number of carbonyl (C=O) groups excluding carboxylic acids is 2. The number of hydrogen-bond donors (Lipinski definition) is 0. The summed E-state index contributed by atoms with van der Waals surface area (Å²) >= 11 is 0. The number of ether oxygens (including phenoxy) is 2. The van der Waals surface area contributed by atoms with Gasteiger partial charge in [0.15, 0.2) is 0 Å². The molecule has 0 saturated heterocycles. The van der Waals surface area contributed by atoms with E-state index in [-0.39, 0.29) is 0 Å². The van der Waals surface area contributed by atoms with Gasteiger partial charge in [-0.2, -0.15) is 0 Å². The van der Waals surface area contributed by atoms with Crippen LogP contribution in [0.4, 0.5) is 26.3 Å². The molecule has 98 valence electrons. The number of carbonyl (C=O) groups is 2. The van der Waals surface area contributed by atoms with Gasteiger partial charge >= 0.3 is 24.7 Å². The van der Waals surface area contributed by atoms with Crippen LogP contribution in [-0.4, -0.2) is 24.7 Å². The Hall–Kier alpha value is -1.74. The van der Waals surface area contributed by atoms with Crippen molar-refractivity contribution in [1.82, 2.24) is 0 Å². The van der Waals surface area contributed by atoms with E-state index in [9.17, 15) is 35.9 Å². The minimum absolute atomic E-state index is 1.11. The van der Waals surface area contributed by atoms with E-state index >= 15 is 0 Å². The third-order valence-electron chi connectivity index (χ3n) is 1.08. The summed E-state index contributed by atoms with van der Waals surface area (Å²) in [5, 5.41) is 0. The molecule has 0 saturated carbocycles. The van der Waals surface area contributed by atoms with Crippen molar-refractivity contribution in [2.24, 2.45) is 0 Å². The topological polar surface area (TPSA) is 52.6 Å². The predicted octanol–water partition coefficient (Wildman–Crippen LogP) is 2.06. The molecule has 0 aliphatic carbocycles. The molecule has 0 heterocycles. The highest BCUT2D eigenvalue weighted by atomic mass is 19.4. The van der Waals surface area contributed by atoms with Gasteiger partial charge in [-0.05, 0) is 0 Å². The molecule has 10 heteroatoms. The van der Waals surface area contributed by atoms with Crippen LogP contribution in [0.2, 0.25) is 0 Å². The van der Waals surface area contributed by atoms with Crippen molar-refractivity contribution in [3.63, 3.8) is 0 Å². The van der Waals surface area contributed by atoms with E-state index in [0.717, 1.165) is 0 Å². The third kappa shape index (κ3) is 8.11. The summed E-state index contributed by atoms with van der Waals surface area (Å²) < 4.78 is 74.5. The summed E-state index contributed by atoms with van der Waals surface area (Å²) in [6.07, 6.45) is -12.0. The highest BCUT2D eigenvalue weighted by Crippen LogP contribution is 2.21. The van der Waals surface area contributed by atoms with Gasteiger partial charge in [-0.25, -0.2) is 4.79 Å². The normalized spacial score (nSPS) is 11.9. The molecular formula is C7H4F6O4. The monoisotopic (exact) mass is 266 g/mol. The van der Waals surface area contributed by atoms with Crippen molar-refractivity contribution < 1.29 is 45.4 Å². The molecular weight excluding hydrogens is 262 g/mol. The van der Waals surface area contributed by atoms with Crippen LogP contribution in [0.5, 0.6) is 0 Å². The molecule has 0 aliphatic rings. The van der Waals surface area contributed by atoms with Crippen LogP contribution in [0.3, 0.4) is 0 Å². The number of halogens is 6. The summed E-state index contributed by atoms with van der Waals surface area (Å²) in [4.78, 5) is 21.0. The third-order valence-corrected chi connectivity index (χ3v) is 1.08. The lowest BCUT2D eigenvalue weighted by atomic mass is 10.2. The van der Waals surface area contributed by atoms with E-state index in [1.807, 2.05) is 0 Å². The van der Waals surface area contributed by atoms with Gasteiger partial charge in [-0.1, -0.05) is 6.58 Å². The molecule has 0 unspecified atom stereocenters. The number of hydrogen-bond acceptors (Lipinski definition) is 4. The Bertz CT molecular complexity index is 328. The van der Waals surface area contributed by atoms with Crippen LogP contribution in [0, 0.1) is 0 Å². The van der Waals surface area contributed by atoms with Gasteiger partial charge in [0.25, 0.3) is 0 Å². The maximum absolute atomic E-state index is 11.5. The Balaban J connectivity index is 4.28. The van der Waals surface area contributed by atoms with Gasteiger partial charge in [0.1, 0.15) is 0 Å². The quantitative estimate of drug-likeness (QED) is 0.445. The maximum Gasteiger partial charge on any atom is 0.575 e. The highest BCUT2D eigenvalue weighted by Gasteiger charge is 2.37. The van der Waals surface area contributed by atoms with Gasteiger partial charge in [0.05, 0.1) is 6.42 Å².